The number of hydrogen-bond donors (Lipinski definition) is 1. The third-order valence-corrected chi connectivity index (χ3v) is 3.31. The largest absolute Gasteiger partial charge is 0.395 e. The zero-order valence-electron chi connectivity index (χ0n) is 9.68. The zero-order valence-corrected chi connectivity index (χ0v) is 10.5. The molecule has 2 rings (SSSR count). The molecule has 0 saturated carbocycles. The standard InChI is InChI=1S/C12H12N2O3S/c15-7-2-1-4-9-8-13-12(18-9)14-10(16)5-3-6-11(14)17/h8,15H,2-3,5-7H2. The van der Waals surface area contributed by atoms with Crippen LogP contribution in [0.25, 0.3) is 0 Å². The quantitative estimate of drug-likeness (QED) is 0.637. The average Bonchev–Trinajstić information content (AvgIpc) is 2.78. The van der Waals surface area contributed by atoms with Crippen LogP contribution < -0.4 is 4.90 Å². The van der Waals surface area contributed by atoms with Crippen molar-refractivity contribution in [1.29, 1.82) is 0 Å². The average molecular weight is 264 g/mol. The van der Waals surface area contributed by atoms with E-state index >= 15 is 0 Å². The van der Waals surface area contributed by atoms with Crippen LogP contribution >= 0.6 is 11.3 Å². The number of aliphatic hydroxyl groups is 1. The van der Waals surface area contributed by atoms with E-state index in [1.165, 1.54) is 11.3 Å². The summed E-state index contributed by atoms with van der Waals surface area (Å²) in [6, 6.07) is 0. The first-order chi connectivity index (χ1) is 8.72. The minimum atomic E-state index is -0.199. The van der Waals surface area contributed by atoms with E-state index in [0.29, 0.717) is 35.7 Å². The summed E-state index contributed by atoms with van der Waals surface area (Å²) >= 11 is 1.22. The van der Waals surface area contributed by atoms with Crippen molar-refractivity contribution in [3.05, 3.63) is 11.1 Å². The van der Waals surface area contributed by atoms with Gasteiger partial charge in [-0.3, -0.25) is 9.59 Å². The lowest BCUT2D eigenvalue weighted by Crippen LogP contribution is -2.40. The minimum Gasteiger partial charge on any atom is -0.395 e. The van der Waals surface area contributed by atoms with Gasteiger partial charge in [-0.05, 0) is 6.42 Å². The van der Waals surface area contributed by atoms with Gasteiger partial charge in [-0.1, -0.05) is 23.2 Å². The molecule has 1 aliphatic rings. The van der Waals surface area contributed by atoms with Crippen LogP contribution in [0.3, 0.4) is 0 Å². The van der Waals surface area contributed by atoms with Gasteiger partial charge in [0.05, 0.1) is 17.7 Å². The van der Waals surface area contributed by atoms with Gasteiger partial charge in [0, 0.05) is 19.3 Å². The monoisotopic (exact) mass is 264 g/mol. The van der Waals surface area contributed by atoms with Gasteiger partial charge in [0.1, 0.15) is 0 Å². The minimum absolute atomic E-state index is 0.0156. The number of aliphatic hydroxyl groups excluding tert-OH is 1. The maximum absolute atomic E-state index is 11.7. The number of carbonyl (C=O) groups excluding carboxylic acids is 2. The van der Waals surface area contributed by atoms with Crippen molar-refractivity contribution in [2.75, 3.05) is 11.5 Å². The van der Waals surface area contributed by atoms with Gasteiger partial charge in [-0.2, -0.15) is 0 Å². The molecule has 0 unspecified atom stereocenters. The van der Waals surface area contributed by atoms with Crippen LogP contribution in [-0.4, -0.2) is 28.5 Å². The molecule has 0 spiro atoms. The highest BCUT2D eigenvalue weighted by Crippen LogP contribution is 2.26. The van der Waals surface area contributed by atoms with Crippen molar-refractivity contribution in [2.24, 2.45) is 0 Å². The molecule has 6 heteroatoms. The van der Waals surface area contributed by atoms with Crippen LogP contribution in [0.2, 0.25) is 0 Å². The first-order valence-electron chi connectivity index (χ1n) is 5.63. The van der Waals surface area contributed by atoms with Gasteiger partial charge in [0.25, 0.3) is 0 Å². The molecular formula is C12H12N2O3S. The Kier molecular flexibility index (Phi) is 4.07. The number of hydrogen-bond acceptors (Lipinski definition) is 5. The number of nitrogens with zero attached hydrogens (tertiary/aromatic N) is 2. The van der Waals surface area contributed by atoms with Crippen LogP contribution in [0.1, 0.15) is 30.6 Å². The summed E-state index contributed by atoms with van der Waals surface area (Å²) in [6.45, 7) is 0.0156. The number of aromatic nitrogens is 1. The number of amides is 2. The highest BCUT2D eigenvalue weighted by atomic mass is 32.1. The first kappa shape index (κ1) is 12.7. The van der Waals surface area contributed by atoms with Crippen LogP contribution in [0.15, 0.2) is 6.20 Å². The molecule has 0 atom stereocenters. The van der Waals surface area contributed by atoms with Gasteiger partial charge in [0.15, 0.2) is 5.13 Å². The fraction of sp³-hybridized carbons (Fsp3) is 0.417. The van der Waals surface area contributed by atoms with Crippen molar-refractivity contribution in [1.82, 2.24) is 4.98 Å². The second-order valence-corrected chi connectivity index (χ2v) is 4.77. The summed E-state index contributed by atoms with van der Waals surface area (Å²) in [7, 11) is 0. The van der Waals surface area contributed by atoms with Crippen molar-refractivity contribution < 1.29 is 14.7 Å². The Bertz CT molecular complexity index is 511. The summed E-state index contributed by atoms with van der Waals surface area (Å²) in [5, 5.41) is 9.00. The summed E-state index contributed by atoms with van der Waals surface area (Å²) in [4.78, 5) is 29.2. The van der Waals surface area contributed by atoms with Gasteiger partial charge in [-0.25, -0.2) is 9.88 Å². The van der Waals surface area contributed by atoms with E-state index in [1.54, 1.807) is 6.20 Å². The molecule has 1 saturated heterocycles. The van der Waals surface area contributed by atoms with E-state index in [0.717, 1.165) is 4.90 Å². The van der Waals surface area contributed by atoms with Gasteiger partial charge < -0.3 is 5.11 Å². The highest BCUT2D eigenvalue weighted by Gasteiger charge is 2.29. The lowest BCUT2D eigenvalue weighted by Gasteiger charge is -2.21. The maximum Gasteiger partial charge on any atom is 0.235 e. The molecule has 1 aromatic heterocycles. The summed E-state index contributed by atoms with van der Waals surface area (Å²) in [5.41, 5.74) is 0. The predicted molar refractivity (Wildman–Crippen MR) is 67.0 cm³/mol. The number of thiazole rings is 1. The molecule has 0 aromatic carbocycles. The van der Waals surface area contributed by atoms with Crippen LogP contribution in [0.5, 0.6) is 0 Å². The van der Waals surface area contributed by atoms with Gasteiger partial charge in [0.2, 0.25) is 11.8 Å². The summed E-state index contributed by atoms with van der Waals surface area (Å²) in [5.74, 6) is 5.21. The Labute approximate surface area is 108 Å². The zero-order chi connectivity index (χ0) is 13.0. The fourth-order valence-corrected chi connectivity index (χ4v) is 2.42. The summed E-state index contributed by atoms with van der Waals surface area (Å²) < 4.78 is 0. The predicted octanol–water partition coefficient (Wildman–Crippen LogP) is 0.920. The maximum atomic E-state index is 11.7. The molecule has 94 valence electrons. The third-order valence-electron chi connectivity index (χ3n) is 2.41. The number of carbonyl (C=O) groups is 2. The highest BCUT2D eigenvalue weighted by molar-refractivity contribution is 7.16. The second kappa shape index (κ2) is 5.76. The molecule has 18 heavy (non-hydrogen) atoms. The Morgan fingerprint density at radius 3 is 2.78 bits per heavy atom. The summed E-state index contributed by atoms with van der Waals surface area (Å²) in [6.07, 6.45) is 3.32. The molecule has 0 bridgehead atoms. The molecule has 2 heterocycles. The smallest absolute Gasteiger partial charge is 0.235 e. The number of piperidine rings is 1. The molecule has 0 aliphatic carbocycles. The first-order valence-corrected chi connectivity index (χ1v) is 6.45. The number of anilines is 1. The van der Waals surface area contributed by atoms with Gasteiger partial charge >= 0.3 is 0 Å². The molecule has 2 amide bonds. The van der Waals surface area contributed by atoms with E-state index in [2.05, 4.69) is 16.8 Å². The normalized spacial score (nSPS) is 15.5. The van der Waals surface area contributed by atoms with E-state index in [-0.39, 0.29) is 18.4 Å². The van der Waals surface area contributed by atoms with Crippen LogP contribution in [0, 0.1) is 11.8 Å². The number of rotatable bonds is 2. The van der Waals surface area contributed by atoms with Crippen molar-refractivity contribution in [3.8, 4) is 11.8 Å². The Hall–Kier alpha value is -1.71. The van der Waals surface area contributed by atoms with E-state index in [1.807, 2.05) is 0 Å². The Morgan fingerprint density at radius 1 is 1.39 bits per heavy atom. The molecule has 5 nitrogen and oxygen atoms in total. The van der Waals surface area contributed by atoms with Crippen molar-refractivity contribution >= 4 is 28.3 Å². The molecule has 1 aromatic rings. The lowest BCUT2D eigenvalue weighted by molar-refractivity contribution is -0.129. The third kappa shape index (κ3) is 2.75. The Balaban J connectivity index is 2.16. The van der Waals surface area contributed by atoms with Crippen LogP contribution in [0.4, 0.5) is 5.13 Å². The van der Waals surface area contributed by atoms with Crippen molar-refractivity contribution in [2.45, 2.75) is 25.7 Å². The van der Waals surface area contributed by atoms with E-state index < -0.39 is 0 Å². The molecule has 1 fully saturated rings. The van der Waals surface area contributed by atoms with Crippen LogP contribution in [-0.2, 0) is 9.59 Å². The SMILES string of the molecule is O=C1CCCC(=O)N1c1ncc(C#CCCO)s1. The fourth-order valence-electron chi connectivity index (χ4n) is 1.60. The van der Waals surface area contributed by atoms with Crippen molar-refractivity contribution in [3.63, 3.8) is 0 Å². The second-order valence-electron chi connectivity index (χ2n) is 3.76. The number of imide groups is 1. The molecule has 1 aliphatic heterocycles. The molecule has 1 N–H and O–H groups in total. The van der Waals surface area contributed by atoms with Gasteiger partial charge in [-0.15, -0.1) is 0 Å². The van der Waals surface area contributed by atoms with E-state index in [4.69, 9.17) is 5.11 Å². The molecule has 0 radical (unpaired) electrons. The molecular weight excluding hydrogens is 252 g/mol. The Morgan fingerprint density at radius 2 is 2.11 bits per heavy atom. The lowest BCUT2D eigenvalue weighted by atomic mass is 10.1. The topological polar surface area (TPSA) is 70.5 Å². The van der Waals surface area contributed by atoms with E-state index in [9.17, 15) is 9.59 Å².